The summed E-state index contributed by atoms with van der Waals surface area (Å²) in [5.74, 6) is -1.39. The fourth-order valence-corrected chi connectivity index (χ4v) is 2.10. The van der Waals surface area contributed by atoms with Crippen molar-refractivity contribution in [3.63, 3.8) is 0 Å². The number of rotatable bonds is 7. The number of ketones is 1. The first-order valence-electron chi connectivity index (χ1n) is 7.94. The molecule has 0 radical (unpaired) electrons. The van der Waals surface area contributed by atoms with Gasteiger partial charge in [0.15, 0.2) is 11.9 Å². The Morgan fingerprint density at radius 3 is 2.28 bits per heavy atom. The quantitative estimate of drug-likeness (QED) is 0.724. The number of nitrogens with one attached hydrogen (secondary N) is 1. The number of hydrogen-bond donors (Lipinski definition) is 2. The van der Waals surface area contributed by atoms with Gasteiger partial charge in [-0.05, 0) is 32.8 Å². The SMILES string of the molecule is COC(=O)[C@H](O)CC(=O)[C@H](Cc1ccccc1)NC(=O)OC(C)(C)C. The first-order chi connectivity index (χ1) is 11.6. The number of amides is 1. The third-order valence-electron chi connectivity index (χ3n) is 3.23. The van der Waals surface area contributed by atoms with E-state index in [1.165, 1.54) is 0 Å². The van der Waals surface area contributed by atoms with Crippen molar-refractivity contribution >= 4 is 17.8 Å². The molecule has 2 atom stereocenters. The van der Waals surface area contributed by atoms with Crippen LogP contribution in [0.1, 0.15) is 32.8 Å². The second kappa shape index (κ2) is 9.17. The van der Waals surface area contributed by atoms with Crippen LogP contribution in [0.15, 0.2) is 30.3 Å². The Kier molecular flexibility index (Phi) is 7.57. The van der Waals surface area contributed by atoms with Gasteiger partial charge in [-0.15, -0.1) is 0 Å². The second-order valence-corrected chi connectivity index (χ2v) is 6.60. The number of alkyl carbamates (subject to hydrolysis) is 1. The highest BCUT2D eigenvalue weighted by Crippen LogP contribution is 2.11. The number of methoxy groups -OCH3 is 1. The smallest absolute Gasteiger partial charge is 0.408 e. The Morgan fingerprint density at radius 1 is 1.16 bits per heavy atom. The van der Waals surface area contributed by atoms with Crippen LogP contribution in [0.4, 0.5) is 4.79 Å². The van der Waals surface area contributed by atoms with Crippen molar-refractivity contribution in [1.82, 2.24) is 5.32 Å². The minimum atomic E-state index is -1.57. The highest BCUT2D eigenvalue weighted by molar-refractivity contribution is 5.91. The van der Waals surface area contributed by atoms with Crippen molar-refractivity contribution in [2.75, 3.05) is 7.11 Å². The normalized spacial score (nSPS) is 13.5. The van der Waals surface area contributed by atoms with Crippen molar-refractivity contribution < 1.29 is 29.0 Å². The molecule has 1 aromatic carbocycles. The summed E-state index contributed by atoms with van der Waals surface area (Å²) < 4.78 is 9.58. The van der Waals surface area contributed by atoms with Gasteiger partial charge in [0, 0.05) is 6.42 Å². The minimum Gasteiger partial charge on any atom is -0.467 e. The summed E-state index contributed by atoms with van der Waals surface area (Å²) in [6, 6.07) is 8.16. The van der Waals surface area contributed by atoms with Gasteiger partial charge < -0.3 is 19.9 Å². The van der Waals surface area contributed by atoms with Gasteiger partial charge in [0.05, 0.1) is 13.2 Å². The van der Waals surface area contributed by atoms with Crippen LogP contribution in [0.5, 0.6) is 0 Å². The molecule has 0 heterocycles. The van der Waals surface area contributed by atoms with Crippen LogP contribution < -0.4 is 5.32 Å². The maximum atomic E-state index is 12.4. The van der Waals surface area contributed by atoms with Gasteiger partial charge in [-0.2, -0.15) is 0 Å². The first kappa shape index (κ1) is 20.6. The summed E-state index contributed by atoms with van der Waals surface area (Å²) in [5, 5.41) is 12.2. The molecule has 1 rings (SSSR count). The number of carbonyl (C=O) groups excluding carboxylic acids is 3. The molecule has 138 valence electrons. The summed E-state index contributed by atoms with van der Waals surface area (Å²) >= 11 is 0. The molecule has 0 aliphatic rings. The molecule has 0 aromatic heterocycles. The highest BCUT2D eigenvalue weighted by atomic mass is 16.6. The lowest BCUT2D eigenvalue weighted by molar-refractivity contribution is -0.152. The molecule has 1 amide bonds. The Hall–Kier alpha value is -2.41. The maximum absolute atomic E-state index is 12.4. The van der Waals surface area contributed by atoms with Gasteiger partial charge >= 0.3 is 12.1 Å². The number of hydrogen-bond acceptors (Lipinski definition) is 6. The number of carbonyl (C=O) groups is 3. The molecule has 1 aromatic rings. The number of benzene rings is 1. The number of aliphatic hydroxyl groups excluding tert-OH is 1. The standard InChI is InChI=1S/C18H25NO6/c1-18(2,3)25-17(23)19-13(10-12-8-6-5-7-9-12)14(20)11-15(21)16(22)24-4/h5-9,13,15,21H,10-11H2,1-4H3,(H,19,23)/t13-,15+/m0/s1. The van der Waals surface area contributed by atoms with Gasteiger partial charge in [-0.3, -0.25) is 4.79 Å². The monoisotopic (exact) mass is 351 g/mol. The van der Waals surface area contributed by atoms with Gasteiger partial charge in [-0.1, -0.05) is 30.3 Å². The molecule has 2 N–H and O–H groups in total. The molecule has 7 nitrogen and oxygen atoms in total. The molecule has 0 bridgehead atoms. The van der Waals surface area contributed by atoms with Crippen LogP contribution >= 0.6 is 0 Å². The van der Waals surface area contributed by atoms with E-state index in [0.29, 0.717) is 0 Å². The molecule has 0 saturated heterocycles. The molecule has 0 unspecified atom stereocenters. The van der Waals surface area contributed by atoms with E-state index in [2.05, 4.69) is 10.1 Å². The predicted molar refractivity (Wildman–Crippen MR) is 91.0 cm³/mol. The number of aliphatic hydroxyl groups is 1. The van der Waals surface area contributed by atoms with Crippen LogP contribution in [0, 0.1) is 0 Å². The highest BCUT2D eigenvalue weighted by Gasteiger charge is 2.28. The molecule has 0 aliphatic carbocycles. The molecule has 0 saturated carbocycles. The number of ether oxygens (including phenoxy) is 2. The third-order valence-corrected chi connectivity index (χ3v) is 3.23. The molecule has 25 heavy (non-hydrogen) atoms. The van der Waals surface area contributed by atoms with Crippen molar-refractivity contribution in [3.8, 4) is 0 Å². The van der Waals surface area contributed by atoms with E-state index in [4.69, 9.17) is 4.74 Å². The van der Waals surface area contributed by atoms with Gasteiger partial charge in [-0.25, -0.2) is 9.59 Å². The second-order valence-electron chi connectivity index (χ2n) is 6.60. The molecule has 0 fully saturated rings. The van der Waals surface area contributed by atoms with Gasteiger partial charge in [0.2, 0.25) is 0 Å². The van der Waals surface area contributed by atoms with Gasteiger partial charge in [0.1, 0.15) is 5.60 Å². The van der Waals surface area contributed by atoms with Crippen molar-refractivity contribution in [2.45, 2.75) is 51.4 Å². The zero-order chi connectivity index (χ0) is 19.0. The van der Waals surface area contributed by atoms with E-state index >= 15 is 0 Å². The largest absolute Gasteiger partial charge is 0.467 e. The zero-order valence-electron chi connectivity index (χ0n) is 14.9. The lowest BCUT2D eigenvalue weighted by Crippen LogP contribution is -2.46. The van der Waals surface area contributed by atoms with Crippen LogP contribution in [-0.4, -0.2) is 47.8 Å². The molecule has 0 aliphatic heterocycles. The van der Waals surface area contributed by atoms with Crippen LogP contribution in [0.2, 0.25) is 0 Å². The summed E-state index contributed by atoms with van der Waals surface area (Å²) in [6.07, 6.45) is -2.56. The van der Waals surface area contributed by atoms with Crippen LogP contribution in [0.25, 0.3) is 0 Å². The maximum Gasteiger partial charge on any atom is 0.408 e. The zero-order valence-corrected chi connectivity index (χ0v) is 14.9. The molecule has 0 spiro atoms. The third kappa shape index (κ3) is 7.80. The van der Waals surface area contributed by atoms with Gasteiger partial charge in [0.25, 0.3) is 0 Å². The Morgan fingerprint density at radius 2 is 1.76 bits per heavy atom. The van der Waals surface area contributed by atoms with E-state index in [9.17, 15) is 19.5 Å². The summed E-state index contributed by atoms with van der Waals surface area (Å²) in [6.45, 7) is 5.13. The lowest BCUT2D eigenvalue weighted by Gasteiger charge is -2.23. The fourth-order valence-electron chi connectivity index (χ4n) is 2.10. The van der Waals surface area contributed by atoms with Crippen molar-refractivity contribution in [2.24, 2.45) is 0 Å². The van der Waals surface area contributed by atoms with E-state index in [1.807, 2.05) is 30.3 Å². The Balaban J connectivity index is 2.84. The van der Waals surface area contributed by atoms with Crippen LogP contribution in [-0.2, 0) is 25.5 Å². The summed E-state index contributed by atoms with van der Waals surface area (Å²) in [7, 11) is 1.12. The first-order valence-corrected chi connectivity index (χ1v) is 7.94. The van der Waals surface area contributed by atoms with Crippen LogP contribution in [0.3, 0.4) is 0 Å². The average molecular weight is 351 g/mol. The Bertz CT molecular complexity index is 593. The fraction of sp³-hybridized carbons (Fsp3) is 0.500. The van der Waals surface area contributed by atoms with E-state index in [0.717, 1.165) is 12.7 Å². The van der Waals surface area contributed by atoms with E-state index in [1.54, 1.807) is 20.8 Å². The number of esters is 1. The van der Waals surface area contributed by atoms with E-state index in [-0.39, 0.29) is 6.42 Å². The molecular formula is C18H25NO6. The predicted octanol–water partition coefficient (Wildman–Crippen LogP) is 1.62. The van der Waals surface area contributed by atoms with Crippen molar-refractivity contribution in [3.05, 3.63) is 35.9 Å². The molecular weight excluding hydrogens is 326 g/mol. The summed E-state index contributed by atoms with van der Waals surface area (Å²) in [4.78, 5) is 35.7. The average Bonchev–Trinajstić information content (AvgIpc) is 2.52. The minimum absolute atomic E-state index is 0.215. The lowest BCUT2D eigenvalue weighted by atomic mass is 9.99. The Labute approximate surface area is 147 Å². The topological polar surface area (TPSA) is 102 Å². The molecule has 7 heteroatoms. The van der Waals surface area contributed by atoms with E-state index < -0.39 is 42.0 Å². The number of Topliss-reactive ketones (excluding diaryl/α,β-unsaturated/α-hetero) is 1. The summed E-state index contributed by atoms with van der Waals surface area (Å²) in [5.41, 5.74) is 0.111. The van der Waals surface area contributed by atoms with Crippen molar-refractivity contribution in [1.29, 1.82) is 0 Å².